The maximum absolute atomic E-state index is 12.4. The number of hydrogen-bond acceptors (Lipinski definition) is 4. The molecule has 1 aromatic carbocycles. The largest absolute Gasteiger partial charge is 0.352 e. The molecule has 1 aromatic rings. The van der Waals surface area contributed by atoms with E-state index in [-0.39, 0.29) is 33.6 Å². The molecule has 7 nitrogen and oxygen atoms in total. The zero-order valence-corrected chi connectivity index (χ0v) is 12.9. The number of hydrogen-bond donors (Lipinski definition) is 1. The van der Waals surface area contributed by atoms with Gasteiger partial charge in [0, 0.05) is 32.1 Å². The predicted molar refractivity (Wildman–Crippen MR) is 78.9 cm³/mol. The molecule has 0 aliphatic carbocycles. The molecule has 1 saturated heterocycles. The Hall–Kier alpha value is -1.96. The predicted octanol–water partition coefficient (Wildman–Crippen LogP) is 1.71. The van der Waals surface area contributed by atoms with Gasteiger partial charge in [0.05, 0.1) is 10.5 Å². The van der Waals surface area contributed by atoms with Crippen molar-refractivity contribution in [2.75, 3.05) is 13.1 Å². The van der Waals surface area contributed by atoms with Crippen molar-refractivity contribution in [1.29, 1.82) is 0 Å². The van der Waals surface area contributed by atoms with Crippen LogP contribution in [0, 0.1) is 10.1 Å². The summed E-state index contributed by atoms with van der Waals surface area (Å²) in [4.78, 5) is 35.4. The summed E-state index contributed by atoms with van der Waals surface area (Å²) in [5.41, 5.74) is 0.117. The van der Waals surface area contributed by atoms with Crippen LogP contribution in [-0.2, 0) is 4.79 Å². The first kappa shape index (κ1) is 15.4. The number of amides is 2. The van der Waals surface area contributed by atoms with Gasteiger partial charge in [-0.3, -0.25) is 19.7 Å². The van der Waals surface area contributed by atoms with Crippen LogP contribution in [-0.4, -0.2) is 40.8 Å². The second kappa shape index (κ2) is 6.21. The first-order valence-corrected chi connectivity index (χ1v) is 7.18. The monoisotopic (exact) mass is 355 g/mol. The van der Waals surface area contributed by atoms with E-state index in [2.05, 4.69) is 21.2 Å². The molecule has 1 N–H and O–H groups in total. The van der Waals surface area contributed by atoms with Gasteiger partial charge in [0.15, 0.2) is 0 Å². The van der Waals surface area contributed by atoms with Crippen molar-refractivity contribution in [3.05, 3.63) is 38.3 Å². The fourth-order valence-electron chi connectivity index (χ4n) is 2.35. The van der Waals surface area contributed by atoms with E-state index < -0.39 is 4.92 Å². The van der Waals surface area contributed by atoms with Gasteiger partial charge in [-0.05, 0) is 28.4 Å². The third kappa shape index (κ3) is 3.38. The molecule has 0 radical (unpaired) electrons. The van der Waals surface area contributed by atoms with Crippen LogP contribution in [0.25, 0.3) is 0 Å². The highest BCUT2D eigenvalue weighted by Gasteiger charge is 2.29. The van der Waals surface area contributed by atoms with Crippen LogP contribution in [0.3, 0.4) is 0 Å². The lowest BCUT2D eigenvalue weighted by Gasteiger charge is -2.17. The highest BCUT2D eigenvalue weighted by Crippen LogP contribution is 2.29. The van der Waals surface area contributed by atoms with Crippen LogP contribution in [0.4, 0.5) is 5.69 Å². The molecule has 0 aromatic heterocycles. The first-order chi connectivity index (χ1) is 9.90. The molecule has 1 aliphatic heterocycles. The van der Waals surface area contributed by atoms with E-state index in [1.807, 2.05) is 0 Å². The van der Waals surface area contributed by atoms with Crippen LogP contribution in [0.15, 0.2) is 22.7 Å². The van der Waals surface area contributed by atoms with Crippen molar-refractivity contribution < 1.29 is 14.5 Å². The number of carbonyl (C=O) groups excluding carboxylic acids is 2. The summed E-state index contributed by atoms with van der Waals surface area (Å²) in [5.74, 6) is -0.413. The molecule has 21 heavy (non-hydrogen) atoms. The van der Waals surface area contributed by atoms with Crippen molar-refractivity contribution in [3.63, 3.8) is 0 Å². The molecule has 1 atom stereocenters. The molecule has 112 valence electrons. The second-order valence-electron chi connectivity index (χ2n) is 4.83. The topological polar surface area (TPSA) is 92.6 Å². The number of nitrogens with zero attached hydrogens (tertiary/aromatic N) is 2. The summed E-state index contributed by atoms with van der Waals surface area (Å²) in [5, 5.41) is 13.7. The number of nitro groups is 1. The van der Waals surface area contributed by atoms with Crippen molar-refractivity contribution >= 4 is 33.4 Å². The summed E-state index contributed by atoms with van der Waals surface area (Å²) < 4.78 is 0.183. The highest BCUT2D eigenvalue weighted by atomic mass is 79.9. The van der Waals surface area contributed by atoms with Crippen LogP contribution in [0.5, 0.6) is 0 Å². The van der Waals surface area contributed by atoms with Gasteiger partial charge in [-0.15, -0.1) is 0 Å². The van der Waals surface area contributed by atoms with Gasteiger partial charge in [0.2, 0.25) is 5.91 Å². The first-order valence-electron chi connectivity index (χ1n) is 6.39. The lowest BCUT2D eigenvalue weighted by molar-refractivity contribution is -0.385. The third-order valence-electron chi connectivity index (χ3n) is 3.29. The number of carbonyl (C=O) groups is 2. The Morgan fingerprint density at radius 2 is 2.19 bits per heavy atom. The SMILES string of the molecule is CC(=O)NC1CCN(C(=O)c2cccc([N+](=O)[O-])c2Br)C1. The maximum Gasteiger partial charge on any atom is 0.284 e. The number of nitro benzene ring substituents is 1. The van der Waals surface area contributed by atoms with Gasteiger partial charge in [0.25, 0.3) is 11.6 Å². The fraction of sp³-hybridized carbons (Fsp3) is 0.385. The van der Waals surface area contributed by atoms with E-state index in [1.54, 1.807) is 11.0 Å². The summed E-state index contributed by atoms with van der Waals surface area (Å²) in [6.07, 6.45) is 0.678. The number of likely N-dealkylation sites (tertiary alicyclic amines) is 1. The average Bonchev–Trinajstić information content (AvgIpc) is 2.85. The van der Waals surface area contributed by atoms with Gasteiger partial charge >= 0.3 is 0 Å². The average molecular weight is 356 g/mol. The van der Waals surface area contributed by atoms with E-state index in [0.29, 0.717) is 19.5 Å². The third-order valence-corrected chi connectivity index (χ3v) is 4.12. The van der Waals surface area contributed by atoms with Crippen molar-refractivity contribution in [3.8, 4) is 0 Å². The van der Waals surface area contributed by atoms with Gasteiger partial charge < -0.3 is 10.2 Å². The Kier molecular flexibility index (Phi) is 4.56. The Labute approximate surface area is 129 Å². The van der Waals surface area contributed by atoms with Crippen molar-refractivity contribution in [1.82, 2.24) is 10.2 Å². The Morgan fingerprint density at radius 3 is 2.81 bits per heavy atom. The Balaban J connectivity index is 2.16. The minimum Gasteiger partial charge on any atom is -0.352 e. The lowest BCUT2D eigenvalue weighted by Crippen LogP contribution is -2.37. The molecule has 1 aliphatic rings. The minimum atomic E-state index is -0.537. The molecule has 1 heterocycles. The van der Waals surface area contributed by atoms with E-state index in [9.17, 15) is 19.7 Å². The normalized spacial score (nSPS) is 17.6. The molecular weight excluding hydrogens is 342 g/mol. The van der Waals surface area contributed by atoms with Gasteiger partial charge in [-0.2, -0.15) is 0 Å². The molecule has 2 rings (SSSR count). The molecule has 2 amide bonds. The zero-order valence-electron chi connectivity index (χ0n) is 11.3. The Morgan fingerprint density at radius 1 is 1.48 bits per heavy atom. The molecule has 1 unspecified atom stereocenters. The maximum atomic E-state index is 12.4. The molecule has 0 bridgehead atoms. The molecule has 0 saturated carbocycles. The van der Waals surface area contributed by atoms with Gasteiger partial charge in [-0.1, -0.05) is 6.07 Å². The second-order valence-corrected chi connectivity index (χ2v) is 5.63. The van der Waals surface area contributed by atoms with Crippen LogP contribution in [0.1, 0.15) is 23.7 Å². The van der Waals surface area contributed by atoms with Crippen LogP contribution >= 0.6 is 15.9 Å². The summed E-state index contributed by atoms with van der Waals surface area (Å²) >= 11 is 3.13. The number of rotatable bonds is 3. The minimum absolute atomic E-state index is 0.0658. The summed E-state index contributed by atoms with van der Waals surface area (Å²) in [6, 6.07) is 4.30. The van der Waals surface area contributed by atoms with Crippen molar-refractivity contribution in [2.45, 2.75) is 19.4 Å². The summed E-state index contributed by atoms with van der Waals surface area (Å²) in [6.45, 7) is 2.36. The molecule has 8 heteroatoms. The van der Waals surface area contributed by atoms with Gasteiger partial charge in [-0.25, -0.2) is 0 Å². The molecular formula is C13H14BrN3O4. The van der Waals surface area contributed by atoms with Crippen LogP contribution in [0.2, 0.25) is 0 Å². The lowest BCUT2D eigenvalue weighted by atomic mass is 10.2. The van der Waals surface area contributed by atoms with Gasteiger partial charge in [0.1, 0.15) is 4.47 Å². The van der Waals surface area contributed by atoms with E-state index in [0.717, 1.165) is 0 Å². The quantitative estimate of drug-likeness (QED) is 0.659. The Bertz CT molecular complexity index is 605. The standard InChI is InChI=1S/C13H14BrN3O4/c1-8(18)15-9-5-6-16(7-9)13(19)10-3-2-4-11(12(10)14)17(20)21/h2-4,9H,5-7H2,1H3,(H,15,18). The summed E-state index contributed by atoms with van der Waals surface area (Å²) in [7, 11) is 0. The number of nitrogens with one attached hydrogen (secondary N) is 1. The fourth-order valence-corrected chi connectivity index (χ4v) is 2.93. The van der Waals surface area contributed by atoms with E-state index in [4.69, 9.17) is 0 Å². The highest BCUT2D eigenvalue weighted by molar-refractivity contribution is 9.10. The van der Waals surface area contributed by atoms with E-state index >= 15 is 0 Å². The van der Waals surface area contributed by atoms with Crippen molar-refractivity contribution in [2.24, 2.45) is 0 Å². The molecule has 1 fully saturated rings. The number of benzene rings is 1. The van der Waals surface area contributed by atoms with Crippen LogP contribution < -0.4 is 5.32 Å². The zero-order chi connectivity index (χ0) is 15.6. The van der Waals surface area contributed by atoms with E-state index in [1.165, 1.54) is 19.1 Å². The smallest absolute Gasteiger partial charge is 0.284 e. The number of halogens is 1. The molecule has 0 spiro atoms.